The van der Waals surface area contributed by atoms with Gasteiger partial charge in [-0.3, -0.25) is 4.79 Å². The zero-order chi connectivity index (χ0) is 19.4. The Labute approximate surface area is 158 Å². The van der Waals surface area contributed by atoms with Crippen molar-refractivity contribution in [3.63, 3.8) is 0 Å². The average Bonchev–Trinajstić information content (AvgIpc) is 3.15. The number of rotatable bonds is 6. The van der Waals surface area contributed by atoms with Gasteiger partial charge in [-0.1, -0.05) is 6.92 Å². The summed E-state index contributed by atoms with van der Waals surface area (Å²) in [7, 11) is 3.12. The van der Waals surface area contributed by atoms with E-state index in [9.17, 15) is 9.59 Å². The number of H-pyrrole nitrogens is 1. The first-order chi connectivity index (χ1) is 13.1. The van der Waals surface area contributed by atoms with Crippen LogP contribution in [-0.2, 0) is 9.53 Å². The number of fused-ring (bicyclic) bond motifs is 1. The number of aromatic nitrogens is 1. The fourth-order valence-corrected chi connectivity index (χ4v) is 3.61. The number of methoxy groups -OCH3 is 2. The van der Waals surface area contributed by atoms with E-state index >= 15 is 0 Å². The Bertz CT molecular complexity index is 829. The number of piperidine rings is 1. The van der Waals surface area contributed by atoms with Crippen molar-refractivity contribution in [2.24, 2.45) is 0 Å². The van der Waals surface area contributed by atoms with Crippen molar-refractivity contribution in [2.45, 2.75) is 38.6 Å². The molecule has 1 atom stereocenters. The van der Waals surface area contributed by atoms with Gasteiger partial charge in [0, 0.05) is 24.0 Å². The molecule has 27 heavy (non-hydrogen) atoms. The minimum atomic E-state index is -0.564. The Morgan fingerprint density at radius 1 is 1.19 bits per heavy atom. The van der Waals surface area contributed by atoms with Gasteiger partial charge in [0.25, 0.3) is 5.91 Å². The monoisotopic (exact) mass is 374 g/mol. The van der Waals surface area contributed by atoms with Crippen LogP contribution < -0.4 is 9.47 Å². The van der Waals surface area contributed by atoms with Crippen molar-refractivity contribution < 1.29 is 23.8 Å². The molecule has 1 saturated heterocycles. The van der Waals surface area contributed by atoms with E-state index < -0.39 is 5.97 Å². The van der Waals surface area contributed by atoms with Gasteiger partial charge >= 0.3 is 5.97 Å². The summed E-state index contributed by atoms with van der Waals surface area (Å²) in [4.78, 5) is 29.7. The molecule has 0 bridgehead atoms. The van der Waals surface area contributed by atoms with Gasteiger partial charge in [0.2, 0.25) is 0 Å². The molecular formula is C20H26N2O5. The predicted octanol–water partition coefficient (Wildman–Crippen LogP) is 3.13. The van der Waals surface area contributed by atoms with Crippen LogP contribution in [0.25, 0.3) is 10.9 Å². The summed E-state index contributed by atoms with van der Waals surface area (Å²) < 4.78 is 15.8. The topological polar surface area (TPSA) is 80.9 Å². The number of hydrogen-bond donors (Lipinski definition) is 1. The van der Waals surface area contributed by atoms with Crippen LogP contribution in [0, 0.1) is 0 Å². The molecule has 0 spiro atoms. The SMILES string of the molecule is CCC1CCCCN1C(=O)COC(=O)c1cc2cc(OC)cc(OC)c2[nH]1. The van der Waals surface area contributed by atoms with Gasteiger partial charge in [-0.05, 0) is 37.8 Å². The second-order valence-electron chi connectivity index (χ2n) is 6.70. The number of ether oxygens (including phenoxy) is 3. The highest BCUT2D eigenvalue weighted by Crippen LogP contribution is 2.31. The minimum absolute atomic E-state index is 0.134. The van der Waals surface area contributed by atoms with E-state index in [0.29, 0.717) is 17.0 Å². The van der Waals surface area contributed by atoms with Crippen LogP contribution in [0.15, 0.2) is 18.2 Å². The first kappa shape index (κ1) is 19.1. The normalized spacial score (nSPS) is 17.0. The maximum absolute atomic E-state index is 12.5. The van der Waals surface area contributed by atoms with Gasteiger partial charge < -0.3 is 24.1 Å². The van der Waals surface area contributed by atoms with E-state index in [0.717, 1.165) is 37.6 Å². The van der Waals surface area contributed by atoms with Crippen molar-refractivity contribution >= 4 is 22.8 Å². The molecule has 0 saturated carbocycles. The number of benzene rings is 1. The summed E-state index contributed by atoms with van der Waals surface area (Å²) in [6.45, 7) is 2.57. The van der Waals surface area contributed by atoms with Gasteiger partial charge in [-0.15, -0.1) is 0 Å². The second kappa shape index (κ2) is 8.33. The Morgan fingerprint density at radius 2 is 2.00 bits per heavy atom. The molecule has 3 rings (SSSR count). The fourth-order valence-electron chi connectivity index (χ4n) is 3.61. The van der Waals surface area contributed by atoms with Gasteiger partial charge in [-0.25, -0.2) is 4.79 Å². The summed E-state index contributed by atoms with van der Waals surface area (Å²) in [5.74, 6) is 0.499. The van der Waals surface area contributed by atoms with Gasteiger partial charge in [0.15, 0.2) is 6.61 Å². The Balaban J connectivity index is 1.70. The number of nitrogens with one attached hydrogen (secondary N) is 1. The van der Waals surface area contributed by atoms with Crippen LogP contribution >= 0.6 is 0 Å². The molecule has 1 aromatic carbocycles. The molecule has 7 nitrogen and oxygen atoms in total. The molecule has 1 aromatic heterocycles. The molecule has 0 aliphatic carbocycles. The Morgan fingerprint density at radius 3 is 2.70 bits per heavy atom. The number of aromatic amines is 1. The number of carbonyl (C=O) groups is 2. The molecule has 1 aliphatic rings. The van der Waals surface area contributed by atoms with Gasteiger partial charge in [0.1, 0.15) is 17.2 Å². The molecule has 1 amide bonds. The third-order valence-corrected chi connectivity index (χ3v) is 5.09. The largest absolute Gasteiger partial charge is 0.497 e. The molecule has 7 heteroatoms. The summed E-state index contributed by atoms with van der Waals surface area (Å²) in [5, 5.41) is 0.770. The van der Waals surface area contributed by atoms with Gasteiger partial charge in [0.05, 0.1) is 19.7 Å². The van der Waals surface area contributed by atoms with Crippen molar-refractivity contribution in [3.8, 4) is 11.5 Å². The number of hydrogen-bond acceptors (Lipinski definition) is 5. The third kappa shape index (κ3) is 4.02. The van der Waals surface area contributed by atoms with Crippen molar-refractivity contribution in [2.75, 3.05) is 27.4 Å². The molecule has 1 aliphatic heterocycles. The molecule has 1 fully saturated rings. The lowest BCUT2D eigenvalue weighted by atomic mass is 10.00. The number of amides is 1. The number of nitrogens with zero attached hydrogens (tertiary/aromatic N) is 1. The quantitative estimate of drug-likeness (QED) is 0.786. The summed E-state index contributed by atoms with van der Waals surface area (Å²) in [6, 6.07) is 5.45. The van der Waals surface area contributed by atoms with E-state index in [2.05, 4.69) is 11.9 Å². The zero-order valence-corrected chi connectivity index (χ0v) is 16.0. The lowest BCUT2D eigenvalue weighted by molar-refractivity contribution is -0.138. The highest BCUT2D eigenvalue weighted by atomic mass is 16.5. The standard InChI is InChI=1S/C20H26N2O5/c1-4-14-7-5-6-8-22(14)18(23)12-27-20(24)16-10-13-9-15(25-2)11-17(26-3)19(13)21-16/h9-11,14,21H,4-8,12H2,1-3H3. The smallest absolute Gasteiger partial charge is 0.355 e. The number of carbonyl (C=O) groups excluding carboxylic acids is 2. The predicted molar refractivity (Wildman–Crippen MR) is 101 cm³/mol. The Kier molecular flexibility index (Phi) is 5.88. The molecule has 1 N–H and O–H groups in total. The number of likely N-dealkylation sites (tertiary alicyclic amines) is 1. The molecule has 2 aromatic rings. The van der Waals surface area contributed by atoms with E-state index in [1.807, 2.05) is 4.90 Å². The van der Waals surface area contributed by atoms with Crippen LogP contribution in [0.3, 0.4) is 0 Å². The first-order valence-electron chi connectivity index (χ1n) is 9.28. The lowest BCUT2D eigenvalue weighted by Crippen LogP contribution is -2.45. The second-order valence-corrected chi connectivity index (χ2v) is 6.70. The molecule has 2 heterocycles. The van der Waals surface area contributed by atoms with E-state index in [-0.39, 0.29) is 24.2 Å². The zero-order valence-electron chi connectivity index (χ0n) is 16.0. The van der Waals surface area contributed by atoms with Gasteiger partial charge in [-0.2, -0.15) is 0 Å². The number of esters is 1. The summed E-state index contributed by atoms with van der Waals surface area (Å²) in [6.07, 6.45) is 4.07. The average molecular weight is 374 g/mol. The van der Waals surface area contributed by atoms with Crippen molar-refractivity contribution in [1.29, 1.82) is 0 Å². The highest BCUT2D eigenvalue weighted by molar-refractivity contribution is 5.98. The Hall–Kier alpha value is -2.70. The van der Waals surface area contributed by atoms with Crippen molar-refractivity contribution in [3.05, 3.63) is 23.9 Å². The molecule has 1 unspecified atom stereocenters. The van der Waals surface area contributed by atoms with Crippen molar-refractivity contribution in [1.82, 2.24) is 9.88 Å². The van der Waals surface area contributed by atoms with E-state index in [1.54, 1.807) is 32.4 Å². The van der Waals surface area contributed by atoms with E-state index in [1.165, 1.54) is 0 Å². The van der Waals surface area contributed by atoms with Crippen LogP contribution in [0.2, 0.25) is 0 Å². The first-order valence-corrected chi connectivity index (χ1v) is 9.28. The summed E-state index contributed by atoms with van der Waals surface area (Å²) >= 11 is 0. The van der Waals surface area contributed by atoms with Crippen LogP contribution in [-0.4, -0.2) is 55.2 Å². The van der Waals surface area contributed by atoms with Crippen LogP contribution in [0.4, 0.5) is 0 Å². The minimum Gasteiger partial charge on any atom is -0.497 e. The lowest BCUT2D eigenvalue weighted by Gasteiger charge is -2.35. The molecule has 146 valence electrons. The maximum Gasteiger partial charge on any atom is 0.355 e. The molecular weight excluding hydrogens is 348 g/mol. The van der Waals surface area contributed by atoms with Crippen LogP contribution in [0.1, 0.15) is 43.1 Å². The summed E-state index contributed by atoms with van der Waals surface area (Å²) in [5.41, 5.74) is 0.952. The highest BCUT2D eigenvalue weighted by Gasteiger charge is 2.26. The fraction of sp³-hybridized carbons (Fsp3) is 0.500. The molecule has 0 radical (unpaired) electrons. The maximum atomic E-state index is 12.5. The van der Waals surface area contributed by atoms with E-state index in [4.69, 9.17) is 14.2 Å². The third-order valence-electron chi connectivity index (χ3n) is 5.09. The van der Waals surface area contributed by atoms with Crippen LogP contribution in [0.5, 0.6) is 11.5 Å².